The average molecular weight is 723 g/mol. The summed E-state index contributed by atoms with van der Waals surface area (Å²) in [7, 11) is 1.61. The molecule has 1 spiro atoms. The molecule has 5 rings (SSSR count). The summed E-state index contributed by atoms with van der Waals surface area (Å²) in [5.74, 6) is 0.473. The van der Waals surface area contributed by atoms with Crippen molar-refractivity contribution < 1.29 is 28.5 Å². The minimum Gasteiger partial charge on any atom is -0.488 e. The highest BCUT2D eigenvalue weighted by Gasteiger charge is 2.59. The second-order valence-corrected chi connectivity index (χ2v) is 15.4. The van der Waals surface area contributed by atoms with Crippen molar-refractivity contribution >= 4 is 58.2 Å². The Morgan fingerprint density at radius 3 is 1.60 bits per heavy atom. The lowest BCUT2D eigenvalue weighted by molar-refractivity contribution is -0.143. The van der Waals surface area contributed by atoms with Crippen LogP contribution >= 0.6 is 46.4 Å². The lowest BCUT2D eigenvalue weighted by Crippen LogP contribution is -2.27. The van der Waals surface area contributed by atoms with Gasteiger partial charge < -0.3 is 18.9 Å². The fourth-order valence-corrected chi connectivity index (χ4v) is 9.01. The molecule has 0 heterocycles. The van der Waals surface area contributed by atoms with E-state index in [1.54, 1.807) is 14.0 Å². The van der Waals surface area contributed by atoms with Gasteiger partial charge >= 0.3 is 5.97 Å². The molecule has 0 N–H and O–H groups in total. The van der Waals surface area contributed by atoms with Crippen LogP contribution in [0.3, 0.4) is 0 Å². The lowest BCUT2D eigenvalue weighted by Gasteiger charge is -2.32. The normalized spacial score (nSPS) is 18.6. The van der Waals surface area contributed by atoms with Crippen LogP contribution in [0.15, 0.2) is 36.4 Å². The monoisotopic (exact) mass is 720 g/mol. The molecule has 0 bridgehead atoms. The molecule has 0 amide bonds. The van der Waals surface area contributed by atoms with Crippen LogP contribution in [0.25, 0.3) is 0 Å². The fourth-order valence-electron chi connectivity index (χ4n) is 7.52. The maximum Gasteiger partial charge on any atom is 0.310 e. The first-order chi connectivity index (χ1) is 22.1. The number of carbonyl (C=O) groups is 2. The number of ether oxygens (including phenoxy) is 4. The topological polar surface area (TPSA) is 71.1 Å². The van der Waals surface area contributed by atoms with Crippen LogP contribution in [0.2, 0.25) is 20.1 Å². The van der Waals surface area contributed by atoms with Gasteiger partial charge in [-0.2, -0.15) is 0 Å². The number of carbonyl (C=O) groups excluding carboxylic acids is 2. The second-order valence-electron chi connectivity index (χ2n) is 13.8. The van der Waals surface area contributed by atoms with Crippen molar-refractivity contribution in [1.29, 1.82) is 0 Å². The SMILES string of the molecule is COCCOc1c(Cl)cc2c(c1Cl)C1(CC2(C)C)CC(C)(C)c2cc(Cl)c(OCCOC(=O)Cc3ccc(CC(C)=O)cc3)c(Cl)c21. The molecule has 0 aliphatic heterocycles. The van der Waals surface area contributed by atoms with Crippen LogP contribution < -0.4 is 9.47 Å². The van der Waals surface area contributed by atoms with Crippen molar-refractivity contribution in [3.05, 3.63) is 89.9 Å². The van der Waals surface area contributed by atoms with Crippen LogP contribution in [-0.4, -0.2) is 45.3 Å². The van der Waals surface area contributed by atoms with Crippen molar-refractivity contribution in [3.63, 3.8) is 0 Å². The van der Waals surface area contributed by atoms with Gasteiger partial charge in [0.15, 0.2) is 11.5 Å². The minimum absolute atomic E-state index is 0.0179. The molecule has 6 nitrogen and oxygen atoms in total. The Hall–Kier alpha value is -2.48. The van der Waals surface area contributed by atoms with E-state index in [1.807, 2.05) is 36.4 Å². The number of ketones is 1. The van der Waals surface area contributed by atoms with Gasteiger partial charge in [-0.05, 0) is 76.1 Å². The average Bonchev–Trinajstić information content (AvgIpc) is 3.33. The largest absolute Gasteiger partial charge is 0.488 e. The van der Waals surface area contributed by atoms with Gasteiger partial charge in [0, 0.05) is 18.9 Å². The van der Waals surface area contributed by atoms with Crippen molar-refractivity contribution in [3.8, 4) is 11.5 Å². The molecule has 0 saturated carbocycles. The summed E-state index contributed by atoms with van der Waals surface area (Å²) in [6, 6.07) is 11.3. The Kier molecular flexibility index (Phi) is 10.5. The highest BCUT2D eigenvalue weighted by Crippen LogP contribution is 2.67. The van der Waals surface area contributed by atoms with Crippen LogP contribution in [0.4, 0.5) is 0 Å². The Morgan fingerprint density at radius 1 is 0.702 bits per heavy atom. The number of methoxy groups -OCH3 is 1. The first-order valence-corrected chi connectivity index (χ1v) is 17.2. The Bertz CT molecular complexity index is 1690. The lowest BCUT2D eigenvalue weighted by atomic mass is 9.72. The van der Waals surface area contributed by atoms with E-state index in [1.165, 1.54) is 0 Å². The molecule has 2 aliphatic carbocycles. The quantitative estimate of drug-likeness (QED) is 0.137. The molecule has 3 aromatic carbocycles. The molecule has 0 fully saturated rings. The fraction of sp³-hybridized carbons (Fsp3) is 0.459. The summed E-state index contributed by atoms with van der Waals surface area (Å²) >= 11 is 28.1. The number of fused-ring (bicyclic) bond motifs is 4. The molecule has 252 valence electrons. The summed E-state index contributed by atoms with van der Waals surface area (Å²) in [6.07, 6.45) is 1.97. The number of esters is 1. The third-order valence-corrected chi connectivity index (χ3v) is 10.5. The molecular weight excluding hydrogens is 682 g/mol. The van der Waals surface area contributed by atoms with Crippen LogP contribution in [0, 0.1) is 0 Å². The molecule has 0 aromatic heterocycles. The van der Waals surface area contributed by atoms with Crippen LogP contribution in [0.1, 0.15) is 80.8 Å². The van der Waals surface area contributed by atoms with Gasteiger partial charge in [-0.15, -0.1) is 0 Å². The van der Waals surface area contributed by atoms with Gasteiger partial charge in [0.05, 0.1) is 33.1 Å². The smallest absolute Gasteiger partial charge is 0.310 e. The van der Waals surface area contributed by atoms with Gasteiger partial charge in [-0.3, -0.25) is 9.59 Å². The van der Waals surface area contributed by atoms with E-state index in [9.17, 15) is 9.59 Å². The zero-order chi connectivity index (χ0) is 34.3. The highest BCUT2D eigenvalue weighted by molar-refractivity contribution is 6.39. The predicted molar refractivity (Wildman–Crippen MR) is 187 cm³/mol. The molecular formula is C37H40Cl4O6. The first-order valence-electron chi connectivity index (χ1n) is 15.6. The summed E-state index contributed by atoms with van der Waals surface area (Å²) in [5.41, 5.74) is 4.61. The first kappa shape index (κ1) is 35.8. The summed E-state index contributed by atoms with van der Waals surface area (Å²) in [5, 5.41) is 1.75. The van der Waals surface area contributed by atoms with Crippen LogP contribution in [-0.2, 0) is 48.1 Å². The van der Waals surface area contributed by atoms with E-state index in [4.69, 9.17) is 65.4 Å². The number of Topliss-reactive ketones (excluding diaryl/α,β-unsaturated/α-hetero) is 1. The van der Waals surface area contributed by atoms with Gasteiger partial charge in [0.2, 0.25) is 0 Å². The highest BCUT2D eigenvalue weighted by atomic mass is 35.5. The van der Waals surface area contributed by atoms with E-state index in [0.29, 0.717) is 51.2 Å². The predicted octanol–water partition coefficient (Wildman–Crippen LogP) is 9.27. The molecule has 1 unspecified atom stereocenters. The van der Waals surface area contributed by atoms with Gasteiger partial charge in [-0.25, -0.2) is 0 Å². The van der Waals surface area contributed by atoms with E-state index < -0.39 is 5.41 Å². The molecule has 47 heavy (non-hydrogen) atoms. The van der Waals surface area contributed by atoms with Crippen LogP contribution in [0.5, 0.6) is 11.5 Å². The number of halogens is 4. The standard InChI is InChI=1S/C37H40Cl4O6/c1-21(42)15-22-7-9-23(10-8-22)16-28(43)45-13-14-47-34-27(39)18-25-30(32(34)41)37(20-36(25,4)5)19-35(2,3)24-17-26(38)33(31(40)29(24)37)46-12-11-44-6/h7-10,17-18H,11-16,19-20H2,1-6H3. The third-order valence-electron chi connectivity index (χ3n) is 9.21. The number of benzene rings is 3. The van der Waals surface area contributed by atoms with E-state index in [0.717, 1.165) is 46.2 Å². The van der Waals surface area contributed by atoms with Gasteiger partial charge in [0.25, 0.3) is 0 Å². The zero-order valence-electron chi connectivity index (χ0n) is 27.6. The maximum atomic E-state index is 12.5. The summed E-state index contributed by atoms with van der Waals surface area (Å²) < 4.78 is 22.8. The number of rotatable bonds is 12. The molecule has 3 aromatic rings. The van der Waals surface area contributed by atoms with Gasteiger partial charge in [0.1, 0.15) is 25.6 Å². The Morgan fingerprint density at radius 2 is 1.15 bits per heavy atom. The molecule has 0 saturated heterocycles. The van der Waals surface area contributed by atoms with Gasteiger partial charge in [-0.1, -0.05) is 98.4 Å². The number of hydrogen-bond donors (Lipinski definition) is 0. The van der Waals surface area contributed by atoms with Crippen molar-refractivity contribution in [2.75, 3.05) is 33.5 Å². The summed E-state index contributed by atoms with van der Waals surface area (Å²) in [6.45, 7) is 11.1. The second kappa shape index (κ2) is 13.8. The van der Waals surface area contributed by atoms with Crippen molar-refractivity contribution in [1.82, 2.24) is 0 Å². The minimum atomic E-state index is -0.551. The molecule has 0 radical (unpaired) electrons. The molecule has 2 aliphatic rings. The van der Waals surface area contributed by atoms with Crippen molar-refractivity contribution in [2.45, 2.75) is 76.5 Å². The molecule has 1 atom stereocenters. The molecule has 10 heteroatoms. The summed E-state index contributed by atoms with van der Waals surface area (Å²) in [4.78, 5) is 23.9. The van der Waals surface area contributed by atoms with E-state index in [-0.39, 0.29) is 42.2 Å². The Balaban J connectivity index is 1.40. The maximum absolute atomic E-state index is 12.5. The zero-order valence-corrected chi connectivity index (χ0v) is 30.6. The van der Waals surface area contributed by atoms with E-state index >= 15 is 0 Å². The van der Waals surface area contributed by atoms with Crippen molar-refractivity contribution in [2.24, 2.45) is 0 Å². The number of hydrogen-bond acceptors (Lipinski definition) is 6. The van der Waals surface area contributed by atoms with E-state index in [2.05, 4.69) is 27.7 Å². The third kappa shape index (κ3) is 7.00. The Labute approximate surface area is 296 Å².